The number of carboxylic acid groups (broad SMARTS) is 1. The van der Waals surface area contributed by atoms with Crippen LogP contribution in [-0.2, 0) is 4.79 Å². The zero-order valence-corrected chi connectivity index (χ0v) is 13.7. The second-order valence-electron chi connectivity index (χ2n) is 6.52. The molecule has 0 saturated carbocycles. The Morgan fingerprint density at radius 3 is 2.65 bits per heavy atom. The van der Waals surface area contributed by atoms with Crippen molar-refractivity contribution in [2.24, 2.45) is 5.92 Å². The molecule has 1 N–H and O–H groups in total. The number of piperidine rings is 1. The molecule has 6 nitrogen and oxygen atoms in total. The molecule has 10 heteroatoms. The molecule has 1 aromatic carbocycles. The van der Waals surface area contributed by atoms with E-state index in [1.165, 1.54) is 0 Å². The first-order valence-corrected chi connectivity index (χ1v) is 7.84. The van der Waals surface area contributed by atoms with Crippen molar-refractivity contribution < 1.29 is 37.0 Å². The number of halogens is 4. The molecule has 0 spiro atoms. The molecule has 26 heavy (non-hydrogen) atoms. The molecule has 0 unspecified atom stereocenters. The number of fused-ring (bicyclic) bond motifs is 1. The van der Waals surface area contributed by atoms with E-state index >= 15 is 4.39 Å². The van der Waals surface area contributed by atoms with Gasteiger partial charge in [-0.2, -0.15) is 0 Å². The Kier molecular flexibility index (Phi) is 4.33. The van der Waals surface area contributed by atoms with Crippen molar-refractivity contribution in [1.29, 1.82) is 0 Å². The van der Waals surface area contributed by atoms with Crippen molar-refractivity contribution in [3.8, 4) is 5.75 Å². The van der Waals surface area contributed by atoms with E-state index in [1.54, 1.807) is 7.05 Å². The summed E-state index contributed by atoms with van der Waals surface area (Å²) in [5.41, 5.74) is -2.88. The average Bonchev–Trinajstić information content (AvgIpc) is 2.78. The lowest BCUT2D eigenvalue weighted by Gasteiger charge is -2.34. The van der Waals surface area contributed by atoms with Gasteiger partial charge in [0.15, 0.2) is 11.4 Å². The van der Waals surface area contributed by atoms with Gasteiger partial charge in [0.25, 0.3) is 5.91 Å². The molecule has 2 fully saturated rings. The molecular weight excluding hydrogens is 360 g/mol. The van der Waals surface area contributed by atoms with Gasteiger partial charge in [-0.05, 0) is 25.2 Å². The van der Waals surface area contributed by atoms with E-state index in [9.17, 15) is 22.8 Å². The molecule has 0 aromatic heterocycles. The number of nitrogens with zero attached hydrogens (tertiary/aromatic N) is 2. The number of aromatic carboxylic acids is 1. The molecule has 1 aromatic rings. The Labute approximate surface area is 145 Å². The Bertz CT molecular complexity index is 754. The maximum absolute atomic E-state index is 15.2. The van der Waals surface area contributed by atoms with Crippen molar-refractivity contribution in [3.63, 3.8) is 0 Å². The topological polar surface area (TPSA) is 70.1 Å². The molecule has 2 aliphatic rings. The summed E-state index contributed by atoms with van der Waals surface area (Å²) >= 11 is 0. The van der Waals surface area contributed by atoms with E-state index in [0.717, 1.165) is 17.0 Å². The summed E-state index contributed by atoms with van der Waals surface area (Å²) < 4.78 is 57.2. The highest BCUT2D eigenvalue weighted by Crippen LogP contribution is 2.44. The third-order valence-electron chi connectivity index (χ3n) is 4.76. The fourth-order valence-corrected chi connectivity index (χ4v) is 3.47. The summed E-state index contributed by atoms with van der Waals surface area (Å²) in [6.07, 6.45) is -5.14. The SMILES string of the molecule is CN1CC[C@]2(F)C(=O)N(c3ccc(C(=O)O)cc3OC(F)(F)F)C[C@@H]2C1. The number of carbonyl (C=O) groups is 2. The molecule has 1 amide bonds. The predicted octanol–water partition coefficient (Wildman–Crippen LogP) is 2.29. The van der Waals surface area contributed by atoms with Gasteiger partial charge in [0.1, 0.15) is 0 Å². The van der Waals surface area contributed by atoms with Crippen LogP contribution in [0.25, 0.3) is 0 Å². The minimum absolute atomic E-state index is 0.0494. The zero-order valence-electron chi connectivity index (χ0n) is 13.7. The number of ether oxygens (including phenoxy) is 1. The van der Waals surface area contributed by atoms with E-state index in [2.05, 4.69) is 4.74 Å². The van der Waals surface area contributed by atoms with E-state index in [4.69, 9.17) is 5.11 Å². The predicted molar refractivity (Wildman–Crippen MR) is 81.9 cm³/mol. The Morgan fingerprint density at radius 1 is 1.35 bits per heavy atom. The fraction of sp³-hybridized carbons (Fsp3) is 0.500. The number of carbonyl (C=O) groups excluding carboxylic acids is 1. The van der Waals surface area contributed by atoms with Gasteiger partial charge in [-0.1, -0.05) is 0 Å². The van der Waals surface area contributed by atoms with Gasteiger partial charge in [0, 0.05) is 32.0 Å². The first kappa shape index (κ1) is 18.4. The normalized spacial score (nSPS) is 26.7. The van der Waals surface area contributed by atoms with Crippen molar-refractivity contribution in [2.45, 2.75) is 18.5 Å². The minimum atomic E-state index is -5.09. The maximum atomic E-state index is 15.2. The third-order valence-corrected chi connectivity index (χ3v) is 4.76. The van der Waals surface area contributed by atoms with Crippen LogP contribution in [-0.4, -0.2) is 60.6 Å². The van der Waals surface area contributed by atoms with Crippen LogP contribution in [0, 0.1) is 5.92 Å². The van der Waals surface area contributed by atoms with Crippen LogP contribution in [0.15, 0.2) is 18.2 Å². The standard InChI is InChI=1S/C16H16F4N2O4/c1-21-5-4-15(17)10(7-21)8-22(14(15)25)11-3-2-9(13(23)24)6-12(11)26-16(18,19)20/h2-3,6,10H,4-5,7-8H2,1H3,(H,23,24)/t10-,15+/m0/s1. The lowest BCUT2D eigenvalue weighted by Crippen LogP contribution is -2.49. The number of anilines is 1. The van der Waals surface area contributed by atoms with Crippen molar-refractivity contribution >= 4 is 17.6 Å². The molecule has 0 aliphatic carbocycles. The lowest BCUT2D eigenvalue weighted by atomic mass is 9.85. The summed E-state index contributed by atoms with van der Waals surface area (Å²) in [7, 11) is 1.77. The van der Waals surface area contributed by atoms with Crippen LogP contribution in [0.3, 0.4) is 0 Å². The third kappa shape index (κ3) is 3.20. The molecule has 0 radical (unpaired) electrons. The van der Waals surface area contributed by atoms with Gasteiger partial charge >= 0.3 is 12.3 Å². The summed E-state index contributed by atoms with van der Waals surface area (Å²) in [6, 6.07) is 2.76. The molecule has 2 atom stereocenters. The fourth-order valence-electron chi connectivity index (χ4n) is 3.47. The van der Waals surface area contributed by atoms with Crippen LogP contribution in [0.5, 0.6) is 5.75 Å². The highest BCUT2D eigenvalue weighted by molar-refractivity contribution is 6.04. The summed E-state index contributed by atoms with van der Waals surface area (Å²) in [4.78, 5) is 26.4. The summed E-state index contributed by atoms with van der Waals surface area (Å²) in [5.74, 6) is -3.91. The first-order valence-electron chi connectivity index (χ1n) is 7.84. The Morgan fingerprint density at radius 2 is 2.04 bits per heavy atom. The van der Waals surface area contributed by atoms with Gasteiger partial charge in [0.05, 0.1) is 11.3 Å². The van der Waals surface area contributed by atoms with E-state index < -0.39 is 41.1 Å². The van der Waals surface area contributed by atoms with Gasteiger partial charge in [-0.25, -0.2) is 9.18 Å². The molecule has 142 valence electrons. The molecule has 2 aliphatic heterocycles. The van der Waals surface area contributed by atoms with Crippen LogP contribution < -0.4 is 9.64 Å². The van der Waals surface area contributed by atoms with Gasteiger partial charge in [-0.3, -0.25) is 4.79 Å². The number of carboxylic acids is 1. The number of alkyl halides is 4. The quantitative estimate of drug-likeness (QED) is 0.820. The van der Waals surface area contributed by atoms with Crippen LogP contribution in [0.4, 0.5) is 23.2 Å². The number of hydrogen-bond donors (Lipinski definition) is 1. The molecule has 2 saturated heterocycles. The first-order chi connectivity index (χ1) is 12.0. The number of benzene rings is 1. The minimum Gasteiger partial charge on any atom is -0.478 e. The van der Waals surface area contributed by atoms with Gasteiger partial charge in [-0.15, -0.1) is 13.2 Å². The zero-order chi connectivity index (χ0) is 19.3. The monoisotopic (exact) mass is 376 g/mol. The highest BCUT2D eigenvalue weighted by atomic mass is 19.4. The number of amides is 1. The average molecular weight is 376 g/mol. The molecule has 2 heterocycles. The van der Waals surface area contributed by atoms with E-state index in [-0.39, 0.29) is 18.7 Å². The van der Waals surface area contributed by atoms with Crippen LogP contribution in [0.1, 0.15) is 16.8 Å². The van der Waals surface area contributed by atoms with Gasteiger partial charge < -0.3 is 19.6 Å². The largest absolute Gasteiger partial charge is 0.573 e. The van der Waals surface area contributed by atoms with Crippen LogP contribution >= 0.6 is 0 Å². The molecular formula is C16H16F4N2O4. The van der Waals surface area contributed by atoms with E-state index in [1.807, 2.05) is 4.90 Å². The smallest absolute Gasteiger partial charge is 0.478 e. The van der Waals surface area contributed by atoms with Crippen molar-refractivity contribution in [1.82, 2.24) is 4.90 Å². The highest BCUT2D eigenvalue weighted by Gasteiger charge is 2.57. The van der Waals surface area contributed by atoms with Crippen LogP contribution in [0.2, 0.25) is 0 Å². The maximum Gasteiger partial charge on any atom is 0.573 e. The van der Waals surface area contributed by atoms with Gasteiger partial charge in [0.2, 0.25) is 0 Å². The van der Waals surface area contributed by atoms with Crippen molar-refractivity contribution in [3.05, 3.63) is 23.8 Å². The molecule has 0 bridgehead atoms. The number of likely N-dealkylation sites (tertiary alicyclic amines) is 1. The summed E-state index contributed by atoms with van der Waals surface area (Å²) in [5, 5.41) is 8.97. The second kappa shape index (κ2) is 6.11. The Balaban J connectivity index is 2.00. The number of hydrogen-bond acceptors (Lipinski definition) is 4. The second-order valence-corrected chi connectivity index (χ2v) is 6.52. The summed E-state index contributed by atoms with van der Waals surface area (Å²) in [6.45, 7) is 0.540. The van der Waals surface area contributed by atoms with E-state index in [0.29, 0.717) is 19.2 Å². The van der Waals surface area contributed by atoms with Crippen molar-refractivity contribution in [2.75, 3.05) is 31.6 Å². The Hall–Kier alpha value is -2.36. The molecule has 3 rings (SSSR count). The number of rotatable bonds is 3. The lowest BCUT2D eigenvalue weighted by molar-refractivity contribution is -0.274.